The highest BCUT2D eigenvalue weighted by atomic mass is 19.1. The summed E-state index contributed by atoms with van der Waals surface area (Å²) in [7, 11) is 0. The molecule has 1 saturated heterocycles. The molecule has 186 valence electrons. The lowest BCUT2D eigenvalue weighted by atomic mass is 10.1. The number of esters is 1. The van der Waals surface area contributed by atoms with Crippen molar-refractivity contribution in [2.75, 3.05) is 37.7 Å². The second-order valence-electron chi connectivity index (χ2n) is 8.46. The number of rotatable bonds is 8. The fraction of sp³-hybridized carbons (Fsp3) is 0.250. The molecule has 1 amide bonds. The average Bonchev–Trinajstić information content (AvgIpc) is 2.91. The Morgan fingerprint density at radius 2 is 1.53 bits per heavy atom. The second kappa shape index (κ2) is 11.5. The van der Waals surface area contributed by atoms with Crippen LogP contribution in [0.3, 0.4) is 0 Å². The maximum absolute atomic E-state index is 14.4. The first kappa shape index (κ1) is 24.9. The van der Waals surface area contributed by atoms with Crippen LogP contribution >= 0.6 is 0 Å². The van der Waals surface area contributed by atoms with Crippen molar-refractivity contribution in [1.82, 2.24) is 4.90 Å². The van der Waals surface area contributed by atoms with Crippen molar-refractivity contribution in [2.45, 2.75) is 13.5 Å². The van der Waals surface area contributed by atoms with Crippen molar-refractivity contribution in [1.29, 1.82) is 0 Å². The molecule has 0 radical (unpaired) electrons. The highest BCUT2D eigenvalue weighted by molar-refractivity contribution is 5.94. The van der Waals surface area contributed by atoms with E-state index in [0.717, 1.165) is 11.3 Å². The zero-order chi connectivity index (χ0) is 25.5. The molecule has 1 fully saturated rings. The van der Waals surface area contributed by atoms with Gasteiger partial charge in [-0.2, -0.15) is 0 Å². The summed E-state index contributed by atoms with van der Waals surface area (Å²) in [5.74, 6) is -0.780. The molecule has 3 aromatic rings. The van der Waals surface area contributed by atoms with E-state index >= 15 is 0 Å². The van der Waals surface area contributed by atoms with E-state index in [4.69, 9.17) is 9.47 Å². The summed E-state index contributed by atoms with van der Waals surface area (Å²) < 4.78 is 25.3. The number of anilines is 1. The number of carbonyl (C=O) groups is 3. The SMILES string of the molecule is CC(=O)c1ccc(N2CCN(C(=O)COC(=O)c3ccc(COc4ccccc4)cc3)CC2)c(F)c1. The van der Waals surface area contributed by atoms with E-state index in [1.165, 1.54) is 13.0 Å². The predicted molar refractivity (Wildman–Crippen MR) is 133 cm³/mol. The van der Waals surface area contributed by atoms with Crippen LogP contribution in [-0.4, -0.2) is 55.3 Å². The standard InChI is InChI=1S/C28H27FN2O5/c1-20(32)23-11-12-26(25(29)17-23)30-13-15-31(16-14-30)27(33)19-36-28(34)22-9-7-21(8-10-22)18-35-24-5-3-2-4-6-24/h2-12,17H,13-16,18-19H2,1H3. The molecule has 0 aliphatic carbocycles. The number of halogens is 1. The van der Waals surface area contributed by atoms with Gasteiger partial charge in [0.05, 0.1) is 11.3 Å². The molecule has 0 atom stereocenters. The Balaban J connectivity index is 1.22. The monoisotopic (exact) mass is 490 g/mol. The zero-order valence-electron chi connectivity index (χ0n) is 20.0. The first-order valence-electron chi connectivity index (χ1n) is 11.7. The minimum Gasteiger partial charge on any atom is -0.489 e. The van der Waals surface area contributed by atoms with Crippen LogP contribution in [0.2, 0.25) is 0 Å². The quantitative estimate of drug-likeness (QED) is 0.349. The van der Waals surface area contributed by atoms with Gasteiger partial charge in [-0.1, -0.05) is 30.3 Å². The van der Waals surface area contributed by atoms with E-state index in [9.17, 15) is 18.8 Å². The van der Waals surface area contributed by atoms with Gasteiger partial charge >= 0.3 is 5.97 Å². The smallest absolute Gasteiger partial charge is 0.338 e. The minimum atomic E-state index is -0.579. The first-order valence-corrected chi connectivity index (χ1v) is 11.7. The van der Waals surface area contributed by atoms with Gasteiger partial charge in [0.25, 0.3) is 5.91 Å². The summed E-state index contributed by atoms with van der Waals surface area (Å²) in [4.78, 5) is 39.8. The first-order chi connectivity index (χ1) is 17.4. The Labute approximate surface area is 209 Å². The lowest BCUT2D eigenvalue weighted by Gasteiger charge is -2.36. The molecule has 7 nitrogen and oxygen atoms in total. The molecule has 0 N–H and O–H groups in total. The van der Waals surface area contributed by atoms with Crippen molar-refractivity contribution >= 4 is 23.3 Å². The number of para-hydroxylation sites is 1. The zero-order valence-corrected chi connectivity index (χ0v) is 20.0. The Kier molecular flexibility index (Phi) is 7.95. The van der Waals surface area contributed by atoms with Gasteiger partial charge in [-0.05, 0) is 55.0 Å². The Morgan fingerprint density at radius 1 is 0.861 bits per heavy atom. The third-order valence-corrected chi connectivity index (χ3v) is 5.99. The van der Waals surface area contributed by atoms with Gasteiger partial charge in [-0.3, -0.25) is 9.59 Å². The second-order valence-corrected chi connectivity index (χ2v) is 8.46. The van der Waals surface area contributed by atoms with Crippen molar-refractivity contribution in [3.05, 3.63) is 95.3 Å². The predicted octanol–water partition coefficient (Wildman–Crippen LogP) is 4.11. The number of nitrogens with zero attached hydrogens (tertiary/aromatic N) is 2. The van der Waals surface area contributed by atoms with Gasteiger partial charge < -0.3 is 19.3 Å². The molecule has 1 aliphatic rings. The number of hydrogen-bond donors (Lipinski definition) is 0. The number of piperazine rings is 1. The van der Waals surface area contributed by atoms with Crippen LogP contribution in [0.15, 0.2) is 72.8 Å². The molecule has 0 saturated carbocycles. The highest BCUT2D eigenvalue weighted by Crippen LogP contribution is 2.22. The fourth-order valence-electron chi connectivity index (χ4n) is 3.90. The third kappa shape index (κ3) is 6.27. The van der Waals surface area contributed by atoms with Gasteiger partial charge in [0.15, 0.2) is 12.4 Å². The van der Waals surface area contributed by atoms with Gasteiger partial charge in [-0.15, -0.1) is 0 Å². The number of benzene rings is 3. The molecule has 1 aliphatic heterocycles. The summed E-state index contributed by atoms with van der Waals surface area (Å²) in [6.07, 6.45) is 0. The van der Waals surface area contributed by atoms with Gasteiger partial charge in [0.1, 0.15) is 18.2 Å². The van der Waals surface area contributed by atoms with E-state index in [1.807, 2.05) is 35.2 Å². The number of ketones is 1. The molecule has 1 heterocycles. The van der Waals surface area contributed by atoms with E-state index in [2.05, 4.69) is 0 Å². The van der Waals surface area contributed by atoms with Gasteiger partial charge in [0.2, 0.25) is 0 Å². The summed E-state index contributed by atoms with van der Waals surface area (Å²) >= 11 is 0. The van der Waals surface area contributed by atoms with E-state index in [-0.39, 0.29) is 18.3 Å². The molecule has 0 unspecified atom stereocenters. The molecule has 0 spiro atoms. The van der Waals surface area contributed by atoms with Crippen LogP contribution in [0.4, 0.5) is 10.1 Å². The molecule has 36 heavy (non-hydrogen) atoms. The topological polar surface area (TPSA) is 76.2 Å². The summed E-state index contributed by atoms with van der Waals surface area (Å²) in [6, 6.07) is 20.7. The molecular formula is C28H27FN2O5. The number of carbonyl (C=O) groups excluding carboxylic acids is 3. The third-order valence-electron chi connectivity index (χ3n) is 5.99. The summed E-state index contributed by atoms with van der Waals surface area (Å²) in [5.41, 5.74) is 1.97. The maximum atomic E-state index is 14.4. The van der Waals surface area contributed by atoms with Gasteiger partial charge in [0, 0.05) is 31.7 Å². The Hall–Kier alpha value is -4.20. The number of Topliss-reactive ketones (excluding diaryl/α,β-unsaturated/α-hetero) is 1. The maximum Gasteiger partial charge on any atom is 0.338 e. The molecule has 8 heteroatoms. The number of amides is 1. The van der Waals surface area contributed by atoms with E-state index in [1.54, 1.807) is 41.3 Å². The van der Waals surface area contributed by atoms with Crippen LogP contribution in [0.5, 0.6) is 5.75 Å². The van der Waals surface area contributed by atoms with E-state index in [0.29, 0.717) is 49.6 Å². The molecule has 0 aromatic heterocycles. The molecule has 3 aromatic carbocycles. The summed E-state index contributed by atoms with van der Waals surface area (Å²) in [5, 5.41) is 0. The lowest BCUT2D eigenvalue weighted by molar-refractivity contribution is -0.134. The van der Waals surface area contributed by atoms with E-state index < -0.39 is 11.8 Å². The number of hydrogen-bond acceptors (Lipinski definition) is 6. The average molecular weight is 491 g/mol. The lowest BCUT2D eigenvalue weighted by Crippen LogP contribution is -2.50. The van der Waals surface area contributed by atoms with Crippen LogP contribution in [-0.2, 0) is 16.1 Å². The van der Waals surface area contributed by atoms with Crippen LogP contribution in [0.1, 0.15) is 33.2 Å². The molecular weight excluding hydrogens is 463 g/mol. The van der Waals surface area contributed by atoms with Crippen molar-refractivity contribution in [3.8, 4) is 5.75 Å². The normalized spacial score (nSPS) is 13.3. The van der Waals surface area contributed by atoms with Crippen LogP contribution in [0.25, 0.3) is 0 Å². The number of ether oxygens (including phenoxy) is 2. The summed E-state index contributed by atoms with van der Waals surface area (Å²) in [6.45, 7) is 3.02. The van der Waals surface area contributed by atoms with Crippen molar-refractivity contribution in [2.24, 2.45) is 0 Å². The Morgan fingerprint density at radius 3 is 2.17 bits per heavy atom. The van der Waals surface area contributed by atoms with Crippen LogP contribution in [0, 0.1) is 5.82 Å². The van der Waals surface area contributed by atoms with Crippen molar-refractivity contribution < 1.29 is 28.2 Å². The largest absolute Gasteiger partial charge is 0.489 e. The molecule has 0 bridgehead atoms. The van der Waals surface area contributed by atoms with Gasteiger partial charge in [-0.25, -0.2) is 9.18 Å². The molecule has 4 rings (SSSR count). The van der Waals surface area contributed by atoms with Crippen molar-refractivity contribution in [3.63, 3.8) is 0 Å². The Bertz CT molecular complexity index is 1220. The minimum absolute atomic E-state index is 0.196. The highest BCUT2D eigenvalue weighted by Gasteiger charge is 2.24. The fourth-order valence-corrected chi connectivity index (χ4v) is 3.90. The van der Waals surface area contributed by atoms with Crippen LogP contribution < -0.4 is 9.64 Å².